The molecular weight excluding hydrogens is 250 g/mol. The van der Waals surface area contributed by atoms with Gasteiger partial charge >= 0.3 is 5.97 Å². The highest BCUT2D eigenvalue weighted by atomic mass is 16.6. The lowest BCUT2D eigenvalue weighted by Crippen LogP contribution is -2.44. The number of carbonyl (C=O) groups excluding carboxylic acids is 1. The van der Waals surface area contributed by atoms with Gasteiger partial charge in [-0.3, -0.25) is 9.59 Å². The molecule has 0 aliphatic carbocycles. The van der Waals surface area contributed by atoms with Crippen LogP contribution in [-0.2, 0) is 9.59 Å². The number of ether oxygens (including phenoxy) is 2. The summed E-state index contributed by atoms with van der Waals surface area (Å²) >= 11 is 0. The Labute approximate surface area is 110 Å². The zero-order chi connectivity index (χ0) is 13.7. The number of hydrogen-bond donors (Lipinski definition) is 2. The normalized spacial score (nSPS) is 16.7. The molecule has 6 nitrogen and oxygen atoms in total. The number of amides is 1. The lowest BCUT2D eigenvalue weighted by molar-refractivity contribution is -0.137. The van der Waals surface area contributed by atoms with Crippen molar-refractivity contribution in [3.05, 3.63) is 24.3 Å². The average Bonchev–Trinajstić information content (AvgIpc) is 2.42. The monoisotopic (exact) mass is 265 g/mol. The van der Waals surface area contributed by atoms with Gasteiger partial charge in [-0.25, -0.2) is 0 Å². The van der Waals surface area contributed by atoms with E-state index < -0.39 is 12.1 Å². The van der Waals surface area contributed by atoms with E-state index in [1.165, 1.54) is 0 Å². The topological polar surface area (TPSA) is 84.9 Å². The van der Waals surface area contributed by atoms with Crippen LogP contribution in [0.15, 0.2) is 24.3 Å². The molecule has 0 bridgehead atoms. The minimum absolute atomic E-state index is 0.0329. The third-order valence-electron chi connectivity index (χ3n) is 2.67. The van der Waals surface area contributed by atoms with Crippen LogP contribution in [0.25, 0.3) is 0 Å². The Morgan fingerprint density at radius 2 is 2.05 bits per heavy atom. The molecule has 1 heterocycles. The summed E-state index contributed by atoms with van der Waals surface area (Å²) in [6.07, 6.45) is -0.268. The highest BCUT2D eigenvalue weighted by molar-refractivity contribution is 5.81. The van der Waals surface area contributed by atoms with Crippen molar-refractivity contribution in [1.82, 2.24) is 5.32 Å². The van der Waals surface area contributed by atoms with E-state index >= 15 is 0 Å². The van der Waals surface area contributed by atoms with Crippen molar-refractivity contribution in [2.24, 2.45) is 0 Å². The van der Waals surface area contributed by atoms with Gasteiger partial charge in [0.1, 0.15) is 6.61 Å². The molecule has 0 radical (unpaired) electrons. The van der Waals surface area contributed by atoms with Crippen LogP contribution >= 0.6 is 0 Å². The maximum Gasteiger partial charge on any atom is 0.303 e. The third-order valence-corrected chi connectivity index (χ3v) is 2.67. The van der Waals surface area contributed by atoms with Gasteiger partial charge in [-0.2, -0.15) is 0 Å². The zero-order valence-electron chi connectivity index (χ0n) is 10.3. The van der Waals surface area contributed by atoms with Gasteiger partial charge in [0.25, 0.3) is 5.91 Å². The molecule has 0 aromatic heterocycles. The van der Waals surface area contributed by atoms with Crippen LogP contribution in [0.4, 0.5) is 0 Å². The van der Waals surface area contributed by atoms with Gasteiger partial charge in [0.2, 0.25) is 6.10 Å². The van der Waals surface area contributed by atoms with E-state index in [0.29, 0.717) is 24.5 Å². The smallest absolute Gasteiger partial charge is 0.303 e. The lowest BCUT2D eigenvalue weighted by Gasteiger charge is -2.25. The number of hydrogen-bond acceptors (Lipinski definition) is 4. The summed E-state index contributed by atoms with van der Waals surface area (Å²) in [6, 6.07) is 7.14. The Hall–Kier alpha value is -2.24. The minimum atomic E-state index is -0.875. The lowest BCUT2D eigenvalue weighted by atomic mass is 10.2. The number of para-hydroxylation sites is 2. The number of fused-ring (bicyclic) bond motifs is 1. The van der Waals surface area contributed by atoms with Crippen molar-refractivity contribution in [3.63, 3.8) is 0 Å². The van der Waals surface area contributed by atoms with E-state index in [2.05, 4.69) is 5.32 Å². The second kappa shape index (κ2) is 6.08. The van der Waals surface area contributed by atoms with Crippen LogP contribution < -0.4 is 14.8 Å². The Morgan fingerprint density at radius 3 is 2.79 bits per heavy atom. The fourth-order valence-electron chi connectivity index (χ4n) is 1.71. The van der Waals surface area contributed by atoms with Gasteiger partial charge in [0.15, 0.2) is 11.5 Å². The summed E-state index contributed by atoms with van der Waals surface area (Å²) in [5, 5.41) is 11.1. The molecule has 102 valence electrons. The summed E-state index contributed by atoms with van der Waals surface area (Å²) in [5.41, 5.74) is 0. The maximum atomic E-state index is 11.8. The number of carboxylic acid groups (broad SMARTS) is 1. The highest BCUT2D eigenvalue weighted by Gasteiger charge is 2.26. The third kappa shape index (κ3) is 3.61. The summed E-state index contributed by atoms with van der Waals surface area (Å²) in [6.45, 7) is 0.467. The molecule has 1 amide bonds. The van der Waals surface area contributed by atoms with Gasteiger partial charge in [-0.05, 0) is 18.6 Å². The fraction of sp³-hybridized carbons (Fsp3) is 0.385. The molecule has 0 spiro atoms. The molecule has 1 aromatic carbocycles. The summed E-state index contributed by atoms with van der Waals surface area (Å²) in [7, 11) is 0. The molecular formula is C13H15NO5. The van der Waals surface area contributed by atoms with Crippen molar-refractivity contribution < 1.29 is 24.2 Å². The Bertz CT molecular complexity index is 474. The molecule has 0 saturated carbocycles. The molecule has 1 aromatic rings. The van der Waals surface area contributed by atoms with Crippen LogP contribution in [-0.4, -0.2) is 36.2 Å². The van der Waals surface area contributed by atoms with E-state index in [9.17, 15) is 9.59 Å². The van der Waals surface area contributed by atoms with E-state index in [0.717, 1.165) is 0 Å². The summed E-state index contributed by atoms with van der Waals surface area (Å²) in [4.78, 5) is 22.1. The highest BCUT2D eigenvalue weighted by Crippen LogP contribution is 2.30. The number of rotatable bonds is 5. The quantitative estimate of drug-likeness (QED) is 0.769. The molecule has 1 aliphatic rings. The molecule has 1 aliphatic heterocycles. The molecule has 19 heavy (non-hydrogen) atoms. The standard InChI is InChI=1S/C13H15NO5/c15-12(16)6-3-7-14-13(17)11-8-18-9-4-1-2-5-10(9)19-11/h1-2,4-5,11H,3,6-8H2,(H,14,17)(H,15,16)/t11-/m1/s1. The first-order chi connectivity index (χ1) is 9.16. The van der Waals surface area contributed by atoms with Crippen molar-refractivity contribution in [3.8, 4) is 11.5 Å². The largest absolute Gasteiger partial charge is 0.485 e. The van der Waals surface area contributed by atoms with Gasteiger partial charge in [-0.15, -0.1) is 0 Å². The average molecular weight is 265 g/mol. The number of carboxylic acids is 1. The SMILES string of the molecule is O=C(O)CCCNC(=O)[C@H]1COc2ccccc2O1. The van der Waals surface area contributed by atoms with Crippen LogP contribution in [0.5, 0.6) is 11.5 Å². The first-order valence-corrected chi connectivity index (χ1v) is 6.05. The predicted molar refractivity (Wildman–Crippen MR) is 66.2 cm³/mol. The number of carbonyl (C=O) groups is 2. The fourth-order valence-corrected chi connectivity index (χ4v) is 1.71. The van der Waals surface area contributed by atoms with Crippen molar-refractivity contribution in [2.45, 2.75) is 18.9 Å². The first kappa shape index (κ1) is 13.2. The van der Waals surface area contributed by atoms with Gasteiger partial charge in [0.05, 0.1) is 0 Å². The first-order valence-electron chi connectivity index (χ1n) is 6.05. The number of nitrogens with one attached hydrogen (secondary N) is 1. The molecule has 1 atom stereocenters. The van der Waals surface area contributed by atoms with Crippen molar-refractivity contribution in [1.29, 1.82) is 0 Å². The van der Waals surface area contributed by atoms with Crippen LogP contribution in [0.2, 0.25) is 0 Å². The minimum Gasteiger partial charge on any atom is -0.485 e. The predicted octanol–water partition coefficient (Wildman–Crippen LogP) is 0.807. The van der Waals surface area contributed by atoms with Gasteiger partial charge in [0, 0.05) is 13.0 Å². The van der Waals surface area contributed by atoms with Gasteiger partial charge in [-0.1, -0.05) is 12.1 Å². The van der Waals surface area contributed by atoms with Crippen LogP contribution in [0.1, 0.15) is 12.8 Å². The van der Waals surface area contributed by atoms with Gasteiger partial charge < -0.3 is 19.9 Å². The molecule has 0 unspecified atom stereocenters. The zero-order valence-corrected chi connectivity index (χ0v) is 10.3. The van der Waals surface area contributed by atoms with Crippen molar-refractivity contribution >= 4 is 11.9 Å². The Balaban J connectivity index is 1.80. The summed E-state index contributed by atoms with van der Waals surface area (Å²) < 4.78 is 10.9. The summed E-state index contributed by atoms with van der Waals surface area (Å²) in [5.74, 6) is -0.00261. The van der Waals surface area contributed by atoms with Crippen molar-refractivity contribution in [2.75, 3.05) is 13.2 Å². The molecule has 0 saturated heterocycles. The maximum absolute atomic E-state index is 11.8. The second-order valence-electron chi connectivity index (χ2n) is 4.15. The van der Waals surface area contributed by atoms with Crippen LogP contribution in [0.3, 0.4) is 0 Å². The molecule has 2 N–H and O–H groups in total. The second-order valence-corrected chi connectivity index (χ2v) is 4.15. The van der Waals surface area contributed by atoms with E-state index in [-0.39, 0.29) is 18.9 Å². The Kier molecular flexibility index (Phi) is 4.22. The van der Waals surface area contributed by atoms with E-state index in [1.807, 2.05) is 6.07 Å². The molecule has 6 heteroatoms. The molecule has 2 rings (SSSR count). The van der Waals surface area contributed by atoms with Crippen LogP contribution in [0, 0.1) is 0 Å². The van der Waals surface area contributed by atoms with E-state index in [1.54, 1.807) is 18.2 Å². The number of aliphatic carboxylic acids is 1. The Morgan fingerprint density at radius 1 is 1.32 bits per heavy atom. The molecule has 0 fully saturated rings. The number of benzene rings is 1. The van der Waals surface area contributed by atoms with E-state index in [4.69, 9.17) is 14.6 Å².